The number of pyridine rings is 1. The van der Waals surface area contributed by atoms with Crippen LogP contribution in [0.5, 0.6) is 11.5 Å². The largest absolute Gasteiger partial charge is 0.493 e. The number of hydrogen-bond acceptors (Lipinski definition) is 4. The quantitative estimate of drug-likeness (QED) is 0.790. The molecule has 0 aliphatic carbocycles. The number of methoxy groups -OCH3 is 2. The molecule has 2 aromatic rings. The molecule has 0 atom stereocenters. The number of rotatable bonds is 4. The number of benzene rings is 1. The summed E-state index contributed by atoms with van der Waals surface area (Å²) in [5, 5.41) is 0. The van der Waals surface area contributed by atoms with Gasteiger partial charge in [-0.2, -0.15) is 0 Å². The summed E-state index contributed by atoms with van der Waals surface area (Å²) in [6.45, 7) is 1.90. The molecule has 19 heavy (non-hydrogen) atoms. The Morgan fingerprint density at radius 1 is 1.00 bits per heavy atom. The van der Waals surface area contributed by atoms with Gasteiger partial charge in [0, 0.05) is 23.5 Å². The molecule has 0 saturated heterocycles. The molecule has 0 radical (unpaired) electrons. The van der Waals surface area contributed by atoms with Gasteiger partial charge in [0.05, 0.1) is 14.2 Å². The van der Waals surface area contributed by atoms with E-state index in [9.17, 15) is 4.79 Å². The lowest BCUT2D eigenvalue weighted by Gasteiger charge is -2.09. The van der Waals surface area contributed by atoms with E-state index in [4.69, 9.17) is 9.47 Å². The predicted molar refractivity (Wildman–Crippen MR) is 72.0 cm³/mol. The van der Waals surface area contributed by atoms with Crippen LogP contribution in [0, 0.1) is 6.92 Å². The average Bonchev–Trinajstić information content (AvgIpc) is 2.45. The Kier molecular flexibility index (Phi) is 3.80. The fourth-order valence-corrected chi connectivity index (χ4v) is 1.82. The zero-order chi connectivity index (χ0) is 13.8. The summed E-state index contributed by atoms with van der Waals surface area (Å²) in [5.41, 5.74) is 2.06. The molecule has 0 fully saturated rings. The fourth-order valence-electron chi connectivity index (χ4n) is 1.82. The number of aromatic nitrogens is 1. The zero-order valence-electron chi connectivity index (χ0n) is 11.1. The minimum Gasteiger partial charge on any atom is -0.493 e. The Morgan fingerprint density at radius 3 is 2.37 bits per heavy atom. The highest BCUT2D eigenvalue weighted by atomic mass is 16.5. The fraction of sp³-hybridized carbons (Fsp3) is 0.200. The lowest BCUT2D eigenvalue weighted by molar-refractivity contribution is 0.103. The molecule has 1 aromatic carbocycles. The summed E-state index contributed by atoms with van der Waals surface area (Å²) in [6, 6.07) is 6.91. The first-order valence-corrected chi connectivity index (χ1v) is 5.84. The third-order valence-electron chi connectivity index (χ3n) is 2.78. The van der Waals surface area contributed by atoms with Gasteiger partial charge in [-0.25, -0.2) is 0 Å². The van der Waals surface area contributed by atoms with Gasteiger partial charge in [0.1, 0.15) is 0 Å². The van der Waals surface area contributed by atoms with Gasteiger partial charge in [-0.15, -0.1) is 0 Å². The van der Waals surface area contributed by atoms with Gasteiger partial charge in [-0.3, -0.25) is 9.78 Å². The minimum absolute atomic E-state index is 0.0860. The molecule has 0 aliphatic rings. The molecule has 1 heterocycles. The van der Waals surface area contributed by atoms with E-state index in [2.05, 4.69) is 4.98 Å². The maximum Gasteiger partial charge on any atom is 0.194 e. The van der Waals surface area contributed by atoms with Crippen molar-refractivity contribution in [3.8, 4) is 11.5 Å². The van der Waals surface area contributed by atoms with Crippen molar-refractivity contribution in [2.45, 2.75) is 6.92 Å². The lowest BCUT2D eigenvalue weighted by Crippen LogP contribution is -2.03. The van der Waals surface area contributed by atoms with Crippen molar-refractivity contribution in [3.05, 3.63) is 53.3 Å². The molecule has 0 bridgehead atoms. The summed E-state index contributed by atoms with van der Waals surface area (Å²) >= 11 is 0. The molecule has 2 rings (SSSR count). The zero-order valence-corrected chi connectivity index (χ0v) is 11.1. The second-order valence-corrected chi connectivity index (χ2v) is 4.15. The topological polar surface area (TPSA) is 48.4 Å². The second kappa shape index (κ2) is 5.52. The second-order valence-electron chi connectivity index (χ2n) is 4.15. The van der Waals surface area contributed by atoms with E-state index in [1.165, 1.54) is 0 Å². The predicted octanol–water partition coefficient (Wildman–Crippen LogP) is 2.64. The Labute approximate surface area is 112 Å². The number of carbonyl (C=O) groups is 1. The average molecular weight is 257 g/mol. The number of hydrogen-bond donors (Lipinski definition) is 0. The van der Waals surface area contributed by atoms with Crippen LogP contribution < -0.4 is 9.47 Å². The molecule has 0 amide bonds. The van der Waals surface area contributed by atoms with Crippen molar-refractivity contribution in [1.82, 2.24) is 4.98 Å². The molecule has 0 saturated carbocycles. The van der Waals surface area contributed by atoms with Crippen LogP contribution in [-0.4, -0.2) is 25.0 Å². The molecular weight excluding hydrogens is 242 g/mol. The highest BCUT2D eigenvalue weighted by molar-refractivity contribution is 6.09. The highest BCUT2D eigenvalue weighted by Crippen LogP contribution is 2.28. The van der Waals surface area contributed by atoms with Crippen molar-refractivity contribution in [2.75, 3.05) is 14.2 Å². The van der Waals surface area contributed by atoms with Crippen molar-refractivity contribution < 1.29 is 14.3 Å². The number of ether oxygens (including phenoxy) is 2. The molecule has 4 nitrogen and oxygen atoms in total. The summed E-state index contributed by atoms with van der Waals surface area (Å²) in [7, 11) is 3.10. The van der Waals surface area contributed by atoms with Crippen LogP contribution >= 0.6 is 0 Å². The van der Waals surface area contributed by atoms with Crippen molar-refractivity contribution >= 4 is 5.78 Å². The van der Waals surface area contributed by atoms with Gasteiger partial charge < -0.3 is 9.47 Å². The molecule has 0 unspecified atom stereocenters. The highest BCUT2D eigenvalue weighted by Gasteiger charge is 2.13. The Morgan fingerprint density at radius 2 is 1.74 bits per heavy atom. The summed E-state index contributed by atoms with van der Waals surface area (Å²) in [5.74, 6) is 1.05. The molecule has 1 aromatic heterocycles. The van der Waals surface area contributed by atoms with Gasteiger partial charge in [0.15, 0.2) is 17.3 Å². The van der Waals surface area contributed by atoms with Crippen molar-refractivity contribution in [3.63, 3.8) is 0 Å². The molecule has 4 heteroatoms. The third-order valence-corrected chi connectivity index (χ3v) is 2.78. The number of ketones is 1. The van der Waals surface area contributed by atoms with Gasteiger partial charge in [0.2, 0.25) is 0 Å². The normalized spacial score (nSPS) is 10.1. The van der Waals surface area contributed by atoms with Crippen LogP contribution in [0.4, 0.5) is 0 Å². The maximum atomic E-state index is 12.3. The summed E-state index contributed by atoms with van der Waals surface area (Å²) in [4.78, 5) is 16.4. The first-order valence-electron chi connectivity index (χ1n) is 5.84. The first-order chi connectivity index (χ1) is 9.15. The SMILES string of the molecule is COc1ccc(C(=O)c2cncc(C)c2)cc1OC. The Balaban J connectivity index is 2.39. The molecule has 0 aliphatic heterocycles. The first kappa shape index (κ1) is 13.1. The Bertz CT molecular complexity index is 608. The van der Waals surface area contributed by atoms with Gasteiger partial charge in [0.25, 0.3) is 0 Å². The molecule has 0 N–H and O–H groups in total. The van der Waals surface area contributed by atoms with Gasteiger partial charge >= 0.3 is 0 Å². The van der Waals surface area contributed by atoms with Crippen LogP contribution in [0.2, 0.25) is 0 Å². The third kappa shape index (κ3) is 2.73. The standard InChI is InChI=1S/C15H15NO3/c1-10-6-12(9-16-8-10)15(17)11-4-5-13(18-2)14(7-11)19-3/h4-9H,1-3H3. The number of aryl methyl sites for hydroxylation is 1. The number of carbonyl (C=O) groups excluding carboxylic acids is 1. The molecular formula is C15H15NO3. The lowest BCUT2D eigenvalue weighted by atomic mass is 10.0. The van der Waals surface area contributed by atoms with Gasteiger partial charge in [-0.1, -0.05) is 0 Å². The van der Waals surface area contributed by atoms with E-state index >= 15 is 0 Å². The number of nitrogens with zero attached hydrogens (tertiary/aromatic N) is 1. The van der Waals surface area contributed by atoms with Crippen molar-refractivity contribution in [1.29, 1.82) is 0 Å². The van der Waals surface area contributed by atoms with E-state index in [0.29, 0.717) is 22.6 Å². The monoisotopic (exact) mass is 257 g/mol. The summed E-state index contributed by atoms with van der Waals surface area (Å²) < 4.78 is 10.3. The molecule has 98 valence electrons. The van der Waals surface area contributed by atoms with E-state index in [1.54, 1.807) is 44.8 Å². The van der Waals surface area contributed by atoms with E-state index < -0.39 is 0 Å². The molecule has 0 spiro atoms. The van der Waals surface area contributed by atoms with E-state index in [0.717, 1.165) is 5.56 Å². The van der Waals surface area contributed by atoms with Crippen LogP contribution in [0.25, 0.3) is 0 Å². The minimum atomic E-state index is -0.0860. The van der Waals surface area contributed by atoms with Gasteiger partial charge in [-0.05, 0) is 36.8 Å². The Hall–Kier alpha value is -2.36. The van der Waals surface area contributed by atoms with Crippen LogP contribution in [0.3, 0.4) is 0 Å². The maximum absolute atomic E-state index is 12.3. The van der Waals surface area contributed by atoms with E-state index in [1.807, 2.05) is 13.0 Å². The van der Waals surface area contributed by atoms with Crippen LogP contribution in [0.15, 0.2) is 36.7 Å². The van der Waals surface area contributed by atoms with Crippen LogP contribution in [0.1, 0.15) is 21.5 Å². The smallest absolute Gasteiger partial charge is 0.194 e. The van der Waals surface area contributed by atoms with Crippen LogP contribution in [-0.2, 0) is 0 Å². The summed E-state index contributed by atoms with van der Waals surface area (Å²) in [6.07, 6.45) is 3.28. The van der Waals surface area contributed by atoms with E-state index in [-0.39, 0.29) is 5.78 Å². The van der Waals surface area contributed by atoms with Crippen molar-refractivity contribution in [2.24, 2.45) is 0 Å².